The molecule has 5 rings (SSSR count). The second-order valence-corrected chi connectivity index (χ2v) is 7.36. The highest BCUT2D eigenvalue weighted by atomic mass is 32.1. The van der Waals surface area contributed by atoms with E-state index in [2.05, 4.69) is 10.3 Å². The van der Waals surface area contributed by atoms with E-state index in [1.807, 2.05) is 53.9 Å². The first-order valence-electron chi connectivity index (χ1n) is 8.97. The van der Waals surface area contributed by atoms with Crippen molar-refractivity contribution in [3.05, 3.63) is 94.2 Å². The molecule has 1 N–H and O–H groups in total. The quantitative estimate of drug-likeness (QED) is 0.417. The minimum Gasteiger partial charge on any atom is -0.422 e. The highest BCUT2D eigenvalue weighted by Gasteiger charge is 2.16. The first kappa shape index (κ1) is 17.3. The van der Waals surface area contributed by atoms with Gasteiger partial charge in [0.25, 0.3) is 5.91 Å². The minimum absolute atomic E-state index is 0.0504. The summed E-state index contributed by atoms with van der Waals surface area (Å²) in [6.07, 6.45) is 0. The van der Waals surface area contributed by atoms with Gasteiger partial charge >= 0.3 is 5.63 Å². The lowest BCUT2D eigenvalue weighted by atomic mass is 10.0. The van der Waals surface area contributed by atoms with Gasteiger partial charge in [0.15, 0.2) is 5.13 Å². The van der Waals surface area contributed by atoms with Gasteiger partial charge in [0.2, 0.25) is 0 Å². The lowest BCUT2D eigenvalue weighted by Gasteiger charge is -2.04. The number of aromatic nitrogens is 1. The Labute approximate surface area is 169 Å². The molecule has 0 saturated carbocycles. The molecule has 0 aliphatic carbocycles. The number of hydrogen-bond donors (Lipinski definition) is 1. The number of hydrogen-bond acceptors (Lipinski definition) is 5. The van der Waals surface area contributed by atoms with E-state index in [0.717, 1.165) is 22.0 Å². The molecule has 2 aromatic heterocycles. The van der Waals surface area contributed by atoms with Crippen LogP contribution in [0.4, 0.5) is 5.13 Å². The average molecular weight is 398 g/mol. The molecule has 0 saturated heterocycles. The molecular weight excluding hydrogens is 384 g/mol. The van der Waals surface area contributed by atoms with Crippen LogP contribution in [0, 0.1) is 0 Å². The normalized spacial score (nSPS) is 11.0. The SMILES string of the molecule is O=C(Nc1nc(-c2cccc3ccccc23)cs1)c1cc2ccccc2oc1=O. The Bertz CT molecular complexity index is 1430. The van der Waals surface area contributed by atoms with Crippen LogP contribution < -0.4 is 10.9 Å². The summed E-state index contributed by atoms with van der Waals surface area (Å²) in [6, 6.07) is 22.7. The average Bonchev–Trinajstić information content (AvgIpc) is 3.21. The summed E-state index contributed by atoms with van der Waals surface area (Å²) in [7, 11) is 0. The molecule has 0 unspecified atom stereocenters. The fourth-order valence-corrected chi connectivity index (χ4v) is 3.99. The van der Waals surface area contributed by atoms with Crippen LogP contribution in [0.2, 0.25) is 0 Å². The Morgan fingerprint density at radius 3 is 2.59 bits per heavy atom. The molecule has 1 amide bonds. The van der Waals surface area contributed by atoms with E-state index in [1.165, 1.54) is 17.4 Å². The van der Waals surface area contributed by atoms with Crippen molar-refractivity contribution < 1.29 is 9.21 Å². The van der Waals surface area contributed by atoms with Crippen LogP contribution in [-0.2, 0) is 0 Å². The zero-order valence-electron chi connectivity index (χ0n) is 15.1. The second-order valence-electron chi connectivity index (χ2n) is 6.50. The summed E-state index contributed by atoms with van der Waals surface area (Å²) < 4.78 is 5.24. The van der Waals surface area contributed by atoms with Crippen LogP contribution >= 0.6 is 11.3 Å². The van der Waals surface area contributed by atoms with Crippen molar-refractivity contribution in [2.75, 3.05) is 5.32 Å². The predicted octanol–water partition coefficient (Wildman–Crippen LogP) is 5.32. The van der Waals surface area contributed by atoms with E-state index in [-0.39, 0.29) is 5.56 Å². The third-order valence-corrected chi connectivity index (χ3v) is 5.43. The lowest BCUT2D eigenvalue weighted by molar-refractivity contribution is 0.102. The van der Waals surface area contributed by atoms with Gasteiger partial charge in [-0.3, -0.25) is 10.1 Å². The van der Waals surface area contributed by atoms with E-state index in [1.54, 1.807) is 18.2 Å². The van der Waals surface area contributed by atoms with Crippen LogP contribution in [0.1, 0.15) is 10.4 Å². The van der Waals surface area contributed by atoms with E-state index < -0.39 is 11.5 Å². The second kappa shape index (κ2) is 7.00. The Morgan fingerprint density at radius 2 is 1.69 bits per heavy atom. The molecule has 0 fully saturated rings. The number of nitrogens with one attached hydrogen (secondary N) is 1. The number of nitrogens with zero attached hydrogens (tertiary/aromatic N) is 1. The van der Waals surface area contributed by atoms with Gasteiger partial charge in [-0.05, 0) is 22.9 Å². The zero-order chi connectivity index (χ0) is 19.8. The predicted molar refractivity (Wildman–Crippen MR) is 115 cm³/mol. The maximum atomic E-state index is 12.6. The van der Waals surface area contributed by atoms with Gasteiger partial charge in [0.05, 0.1) is 5.69 Å². The smallest absolute Gasteiger partial charge is 0.349 e. The van der Waals surface area contributed by atoms with E-state index >= 15 is 0 Å². The Kier molecular flexibility index (Phi) is 4.18. The molecule has 5 nitrogen and oxygen atoms in total. The van der Waals surface area contributed by atoms with Gasteiger partial charge in [-0.1, -0.05) is 60.7 Å². The zero-order valence-corrected chi connectivity index (χ0v) is 15.9. The highest BCUT2D eigenvalue weighted by molar-refractivity contribution is 7.14. The standard InChI is InChI=1S/C23H14N2O3S/c26-21(18-12-15-7-2-4-11-20(15)28-22(18)27)25-23-24-19(13-29-23)17-10-5-8-14-6-1-3-9-16(14)17/h1-13H,(H,24,25,26). The summed E-state index contributed by atoms with van der Waals surface area (Å²) in [5.41, 5.74) is 1.48. The lowest BCUT2D eigenvalue weighted by Crippen LogP contribution is -2.20. The van der Waals surface area contributed by atoms with Crippen LogP contribution in [0.3, 0.4) is 0 Å². The summed E-state index contributed by atoms with van der Waals surface area (Å²) in [5, 5.41) is 7.92. The van der Waals surface area contributed by atoms with Crippen molar-refractivity contribution in [1.29, 1.82) is 0 Å². The summed E-state index contributed by atoms with van der Waals surface area (Å²) in [5.74, 6) is -0.539. The van der Waals surface area contributed by atoms with Crippen molar-refractivity contribution in [2.45, 2.75) is 0 Å². The number of rotatable bonds is 3. The third kappa shape index (κ3) is 3.19. The number of para-hydroxylation sites is 1. The fourth-order valence-electron chi connectivity index (χ4n) is 3.29. The number of benzene rings is 3. The van der Waals surface area contributed by atoms with Crippen LogP contribution in [0.5, 0.6) is 0 Å². The van der Waals surface area contributed by atoms with Crippen LogP contribution in [0.15, 0.2) is 87.4 Å². The minimum atomic E-state index is -0.674. The molecule has 5 aromatic rings. The van der Waals surface area contributed by atoms with Crippen molar-refractivity contribution >= 4 is 44.1 Å². The molecule has 0 aliphatic heterocycles. The number of carbonyl (C=O) groups is 1. The van der Waals surface area contributed by atoms with E-state index in [9.17, 15) is 9.59 Å². The first-order valence-corrected chi connectivity index (χ1v) is 9.85. The molecule has 0 aliphatic rings. The fraction of sp³-hybridized carbons (Fsp3) is 0. The number of fused-ring (bicyclic) bond motifs is 2. The maximum Gasteiger partial charge on any atom is 0.349 e. The van der Waals surface area contributed by atoms with Crippen molar-refractivity contribution in [3.63, 3.8) is 0 Å². The van der Waals surface area contributed by atoms with Gasteiger partial charge in [0, 0.05) is 16.3 Å². The molecule has 0 radical (unpaired) electrons. The van der Waals surface area contributed by atoms with Gasteiger partial charge in [0.1, 0.15) is 11.1 Å². The Hall–Kier alpha value is -3.77. The Balaban J connectivity index is 1.47. The molecule has 6 heteroatoms. The topological polar surface area (TPSA) is 72.2 Å². The number of anilines is 1. The number of thiazole rings is 1. The highest BCUT2D eigenvalue weighted by Crippen LogP contribution is 2.31. The van der Waals surface area contributed by atoms with Gasteiger partial charge in [-0.15, -0.1) is 11.3 Å². The summed E-state index contributed by atoms with van der Waals surface area (Å²) >= 11 is 1.31. The van der Waals surface area contributed by atoms with Crippen molar-refractivity contribution in [1.82, 2.24) is 4.98 Å². The maximum absolute atomic E-state index is 12.6. The number of amides is 1. The summed E-state index contributed by atoms with van der Waals surface area (Å²) in [6.45, 7) is 0. The van der Waals surface area contributed by atoms with E-state index in [0.29, 0.717) is 16.1 Å². The molecule has 0 atom stereocenters. The van der Waals surface area contributed by atoms with Crippen LogP contribution in [0.25, 0.3) is 33.0 Å². The third-order valence-electron chi connectivity index (χ3n) is 4.68. The van der Waals surface area contributed by atoms with Crippen LogP contribution in [-0.4, -0.2) is 10.9 Å². The largest absolute Gasteiger partial charge is 0.422 e. The summed E-state index contributed by atoms with van der Waals surface area (Å²) in [4.78, 5) is 29.4. The molecule has 0 bridgehead atoms. The van der Waals surface area contributed by atoms with Gasteiger partial charge < -0.3 is 4.42 Å². The molecule has 140 valence electrons. The number of carbonyl (C=O) groups excluding carboxylic acids is 1. The molecule has 0 spiro atoms. The van der Waals surface area contributed by atoms with Gasteiger partial charge in [-0.2, -0.15) is 0 Å². The Morgan fingerprint density at radius 1 is 0.931 bits per heavy atom. The van der Waals surface area contributed by atoms with Crippen molar-refractivity contribution in [2.24, 2.45) is 0 Å². The van der Waals surface area contributed by atoms with Gasteiger partial charge in [-0.25, -0.2) is 9.78 Å². The molecule has 3 aromatic carbocycles. The first-order chi connectivity index (χ1) is 14.2. The van der Waals surface area contributed by atoms with Crippen molar-refractivity contribution in [3.8, 4) is 11.3 Å². The molecule has 29 heavy (non-hydrogen) atoms. The molecular formula is C23H14N2O3S. The monoisotopic (exact) mass is 398 g/mol. The molecule has 2 heterocycles. The van der Waals surface area contributed by atoms with E-state index in [4.69, 9.17) is 4.42 Å².